The van der Waals surface area contributed by atoms with Crippen molar-refractivity contribution in [3.63, 3.8) is 0 Å². The molecule has 0 aliphatic heterocycles. The minimum absolute atomic E-state index is 0.100. The Labute approximate surface area is 338 Å². The first-order chi connectivity index (χ1) is 27.1. The zero-order valence-corrected chi connectivity index (χ0v) is 35.1. The van der Waals surface area contributed by atoms with Crippen molar-refractivity contribution < 1.29 is 24.2 Å². The normalized spacial score (nSPS) is 13.3. The molecule has 0 aromatic heterocycles. The summed E-state index contributed by atoms with van der Waals surface area (Å²) in [6.45, 7) is 3.94. The van der Waals surface area contributed by atoms with Crippen LogP contribution in [0.2, 0.25) is 0 Å². The smallest absolute Gasteiger partial charge is 0.306 e. The van der Waals surface area contributed by atoms with Crippen molar-refractivity contribution in [1.29, 1.82) is 0 Å². The molecule has 0 aliphatic carbocycles. The van der Waals surface area contributed by atoms with Crippen LogP contribution in [0.5, 0.6) is 0 Å². The molecule has 1 N–H and O–H groups in total. The van der Waals surface area contributed by atoms with E-state index in [1.54, 1.807) is 0 Å². The van der Waals surface area contributed by atoms with Crippen molar-refractivity contribution >= 4 is 11.9 Å². The first-order valence-corrected chi connectivity index (χ1v) is 21.9. The monoisotopic (exact) mass is 761 g/mol. The lowest BCUT2D eigenvalue weighted by atomic mass is 10.1. The lowest BCUT2D eigenvalue weighted by Crippen LogP contribution is -2.28. The average Bonchev–Trinajstić information content (AvgIpc) is 3.19. The Morgan fingerprint density at radius 1 is 0.436 bits per heavy atom. The standard InChI is InChI=1S/C50H80O5/c1-3-5-7-9-11-13-15-17-19-21-23-24-25-26-27-29-31-33-35-37-39-41-43-45-50(53)55-48(46-51)47-54-49(52)44-42-40-38-36-34-32-30-28-22-20-18-16-14-12-10-8-6-4-2/h5,7,11,13-14,16-17,19-20,22-24,26-27,31,33,37,39,48,51H,3-4,6,8-10,12,15,18,21,25,28-30,32,34-36,38,40-47H2,1-2H3/b7-5-,13-11-,16-14-,19-17-,22-20-,24-23-,27-26-,33-31-,39-37-. The maximum Gasteiger partial charge on any atom is 0.306 e. The van der Waals surface area contributed by atoms with Crippen LogP contribution in [-0.4, -0.2) is 36.4 Å². The van der Waals surface area contributed by atoms with Gasteiger partial charge in [0.1, 0.15) is 6.61 Å². The van der Waals surface area contributed by atoms with Crippen LogP contribution < -0.4 is 0 Å². The quantitative estimate of drug-likeness (QED) is 0.0385. The zero-order valence-electron chi connectivity index (χ0n) is 35.1. The van der Waals surface area contributed by atoms with E-state index in [-0.39, 0.29) is 31.6 Å². The van der Waals surface area contributed by atoms with Crippen LogP contribution in [0.4, 0.5) is 0 Å². The predicted molar refractivity (Wildman–Crippen MR) is 237 cm³/mol. The molecule has 5 heteroatoms. The van der Waals surface area contributed by atoms with Crippen molar-refractivity contribution in [2.45, 2.75) is 180 Å². The Hall–Kier alpha value is -3.44. The highest BCUT2D eigenvalue weighted by molar-refractivity contribution is 5.70. The van der Waals surface area contributed by atoms with E-state index >= 15 is 0 Å². The van der Waals surface area contributed by atoms with Crippen molar-refractivity contribution in [2.24, 2.45) is 0 Å². The summed E-state index contributed by atoms with van der Waals surface area (Å²) in [6.07, 6.45) is 64.4. The number of aliphatic hydroxyl groups excluding tert-OH is 1. The number of rotatable bonds is 38. The number of carbonyl (C=O) groups is 2. The van der Waals surface area contributed by atoms with Gasteiger partial charge in [-0.2, -0.15) is 0 Å². The number of unbranched alkanes of at least 4 members (excludes halogenated alkanes) is 12. The molecular formula is C50H80O5. The van der Waals surface area contributed by atoms with Gasteiger partial charge < -0.3 is 14.6 Å². The molecule has 310 valence electrons. The van der Waals surface area contributed by atoms with Gasteiger partial charge in [-0.1, -0.05) is 175 Å². The highest BCUT2D eigenvalue weighted by Gasteiger charge is 2.15. The van der Waals surface area contributed by atoms with E-state index in [1.807, 2.05) is 0 Å². The van der Waals surface area contributed by atoms with E-state index in [9.17, 15) is 14.7 Å². The predicted octanol–water partition coefficient (Wildman–Crippen LogP) is 14.2. The van der Waals surface area contributed by atoms with E-state index in [0.29, 0.717) is 12.8 Å². The van der Waals surface area contributed by atoms with Crippen LogP contribution in [-0.2, 0) is 19.1 Å². The van der Waals surface area contributed by atoms with Gasteiger partial charge in [0.15, 0.2) is 6.10 Å². The number of aliphatic hydroxyl groups is 1. The largest absolute Gasteiger partial charge is 0.462 e. The lowest BCUT2D eigenvalue weighted by Gasteiger charge is -2.15. The Balaban J connectivity index is 3.72. The summed E-state index contributed by atoms with van der Waals surface area (Å²) < 4.78 is 10.6. The minimum atomic E-state index is -0.813. The molecule has 0 rings (SSSR count). The van der Waals surface area contributed by atoms with Crippen LogP contribution in [0.25, 0.3) is 0 Å². The summed E-state index contributed by atoms with van der Waals surface area (Å²) in [5.74, 6) is -0.679. The molecule has 0 fully saturated rings. The third kappa shape index (κ3) is 43.2. The minimum Gasteiger partial charge on any atom is -0.462 e. The number of hydrogen-bond acceptors (Lipinski definition) is 5. The fourth-order valence-corrected chi connectivity index (χ4v) is 5.51. The van der Waals surface area contributed by atoms with Crippen LogP contribution in [0.15, 0.2) is 109 Å². The Morgan fingerprint density at radius 2 is 0.800 bits per heavy atom. The maximum atomic E-state index is 12.2. The summed E-state index contributed by atoms with van der Waals surface area (Å²) >= 11 is 0. The molecule has 1 atom stereocenters. The molecule has 0 bridgehead atoms. The molecule has 0 radical (unpaired) electrons. The molecule has 0 aromatic rings. The molecule has 5 nitrogen and oxygen atoms in total. The van der Waals surface area contributed by atoms with Crippen LogP contribution >= 0.6 is 0 Å². The fourth-order valence-electron chi connectivity index (χ4n) is 5.51. The summed E-state index contributed by atoms with van der Waals surface area (Å²) in [6, 6.07) is 0. The summed E-state index contributed by atoms with van der Waals surface area (Å²) in [7, 11) is 0. The summed E-state index contributed by atoms with van der Waals surface area (Å²) in [5, 5.41) is 9.58. The topological polar surface area (TPSA) is 72.8 Å². The third-order valence-electron chi connectivity index (χ3n) is 8.80. The van der Waals surface area contributed by atoms with Gasteiger partial charge in [-0.25, -0.2) is 0 Å². The molecule has 0 aromatic carbocycles. The number of esters is 2. The molecule has 0 saturated carbocycles. The SMILES string of the molecule is CC/C=C\C/C=C\C/C=C\C/C=C\C/C=C\C/C=C\C/C=C\CCCC(=O)OC(CO)COC(=O)CCCCCCCCC/C=C\C/C=C\CCCCCC. The fraction of sp³-hybridized carbons (Fsp3) is 0.600. The van der Waals surface area contributed by atoms with Crippen molar-refractivity contribution in [3.8, 4) is 0 Å². The number of carbonyl (C=O) groups excluding carboxylic acids is 2. The Bertz CT molecular complexity index is 1130. The molecule has 1 unspecified atom stereocenters. The van der Waals surface area contributed by atoms with Gasteiger partial charge in [0.2, 0.25) is 0 Å². The van der Waals surface area contributed by atoms with E-state index < -0.39 is 6.10 Å². The van der Waals surface area contributed by atoms with E-state index in [1.165, 1.54) is 57.8 Å². The number of allylic oxidation sites excluding steroid dienone is 18. The second kappa shape index (κ2) is 45.0. The highest BCUT2D eigenvalue weighted by Crippen LogP contribution is 2.11. The molecule has 0 spiro atoms. The average molecular weight is 761 g/mol. The molecule has 0 saturated heterocycles. The molecule has 55 heavy (non-hydrogen) atoms. The van der Waals surface area contributed by atoms with E-state index in [0.717, 1.165) is 83.5 Å². The molecule has 0 aliphatic rings. The van der Waals surface area contributed by atoms with Crippen LogP contribution in [0.3, 0.4) is 0 Å². The number of ether oxygens (including phenoxy) is 2. The van der Waals surface area contributed by atoms with Crippen LogP contribution in [0, 0.1) is 0 Å². The van der Waals surface area contributed by atoms with Crippen molar-refractivity contribution in [3.05, 3.63) is 109 Å². The third-order valence-corrected chi connectivity index (χ3v) is 8.80. The second-order valence-electron chi connectivity index (χ2n) is 14.0. The second-order valence-corrected chi connectivity index (χ2v) is 14.0. The lowest BCUT2D eigenvalue weighted by molar-refractivity contribution is -0.161. The Morgan fingerprint density at radius 3 is 1.24 bits per heavy atom. The maximum absolute atomic E-state index is 12.2. The van der Waals surface area contributed by atoms with Crippen LogP contribution in [0.1, 0.15) is 174 Å². The van der Waals surface area contributed by atoms with Gasteiger partial charge in [0.25, 0.3) is 0 Å². The first-order valence-electron chi connectivity index (χ1n) is 21.9. The van der Waals surface area contributed by atoms with Gasteiger partial charge in [0, 0.05) is 12.8 Å². The first kappa shape index (κ1) is 51.6. The van der Waals surface area contributed by atoms with Gasteiger partial charge in [-0.3, -0.25) is 9.59 Å². The zero-order chi connectivity index (χ0) is 40.0. The molecule has 0 amide bonds. The Kier molecular flexibility index (Phi) is 42.1. The number of hydrogen-bond donors (Lipinski definition) is 1. The van der Waals surface area contributed by atoms with Gasteiger partial charge in [0.05, 0.1) is 6.61 Å². The molecular weight excluding hydrogens is 681 g/mol. The summed E-state index contributed by atoms with van der Waals surface area (Å²) in [4.78, 5) is 24.3. The van der Waals surface area contributed by atoms with E-state index in [4.69, 9.17) is 9.47 Å². The van der Waals surface area contributed by atoms with Crippen molar-refractivity contribution in [1.82, 2.24) is 0 Å². The highest BCUT2D eigenvalue weighted by atomic mass is 16.6. The van der Waals surface area contributed by atoms with Gasteiger partial charge in [-0.05, 0) is 96.3 Å². The summed E-state index contributed by atoms with van der Waals surface area (Å²) in [5.41, 5.74) is 0. The van der Waals surface area contributed by atoms with E-state index in [2.05, 4.69) is 123 Å². The van der Waals surface area contributed by atoms with Gasteiger partial charge >= 0.3 is 11.9 Å². The molecule has 0 heterocycles. The van der Waals surface area contributed by atoms with Gasteiger partial charge in [-0.15, -0.1) is 0 Å². The van der Waals surface area contributed by atoms with Crippen molar-refractivity contribution in [2.75, 3.05) is 13.2 Å².